The Kier molecular flexibility index (Phi) is 2.37. The van der Waals surface area contributed by atoms with Crippen molar-refractivity contribution >= 4 is 11.8 Å². The highest BCUT2D eigenvalue weighted by Crippen LogP contribution is 2.18. The Morgan fingerprint density at radius 1 is 1.14 bits per heavy atom. The number of rotatable bonds is 1. The van der Waals surface area contributed by atoms with Crippen LogP contribution in [0, 0.1) is 0 Å². The number of hydrogen-bond acceptors (Lipinski definition) is 3. The summed E-state index contributed by atoms with van der Waals surface area (Å²) in [7, 11) is 0. The maximum absolute atomic E-state index is 11.6. The smallest absolute Gasteiger partial charge is 0.268 e. The predicted octanol–water partition coefficient (Wildman–Crippen LogP) is 0.702. The number of carbonyl (C=O) groups excluding carboxylic acids is 2. The Morgan fingerprint density at radius 3 is 2.29 bits per heavy atom. The average Bonchev–Trinajstić information content (AvgIpc) is 2.43. The van der Waals surface area contributed by atoms with Gasteiger partial charge in [0.25, 0.3) is 11.8 Å². The topological polar surface area (TPSA) is 40.6 Å². The molecule has 2 heterocycles. The fourth-order valence-electron chi connectivity index (χ4n) is 1.92. The molecule has 14 heavy (non-hydrogen) atoms. The van der Waals surface area contributed by atoms with Crippen molar-refractivity contribution in [2.45, 2.75) is 26.2 Å². The molecule has 0 saturated carbocycles. The molecule has 0 spiro atoms. The highest BCUT2D eigenvalue weighted by molar-refractivity contribution is 6.15. The third-order valence-corrected chi connectivity index (χ3v) is 2.69. The average molecular weight is 194 g/mol. The van der Waals surface area contributed by atoms with Gasteiger partial charge >= 0.3 is 0 Å². The second-order valence-electron chi connectivity index (χ2n) is 3.80. The Labute approximate surface area is 83.1 Å². The number of hydrazine groups is 1. The first-order valence-electron chi connectivity index (χ1n) is 5.02. The largest absolute Gasteiger partial charge is 0.271 e. The van der Waals surface area contributed by atoms with Crippen LogP contribution in [0.3, 0.4) is 0 Å². The lowest BCUT2D eigenvalue weighted by Gasteiger charge is -2.32. The fraction of sp³-hybridized carbons (Fsp3) is 0.600. The fourth-order valence-corrected chi connectivity index (χ4v) is 1.92. The molecule has 0 aromatic rings. The van der Waals surface area contributed by atoms with Gasteiger partial charge in [0, 0.05) is 24.7 Å². The van der Waals surface area contributed by atoms with E-state index in [9.17, 15) is 9.59 Å². The minimum absolute atomic E-state index is 0.156. The van der Waals surface area contributed by atoms with E-state index in [2.05, 4.69) is 0 Å². The Hall–Kier alpha value is -1.16. The minimum Gasteiger partial charge on any atom is -0.268 e. The van der Waals surface area contributed by atoms with Crippen LogP contribution in [-0.4, -0.2) is 34.9 Å². The molecule has 0 unspecified atom stereocenters. The molecular formula is C10H14N2O2. The predicted molar refractivity (Wildman–Crippen MR) is 51.0 cm³/mol. The quantitative estimate of drug-likeness (QED) is 0.577. The molecule has 1 fully saturated rings. The van der Waals surface area contributed by atoms with Crippen LogP contribution in [0.2, 0.25) is 0 Å². The standard InChI is InChI=1S/C10H14N2O2/c1-8-7-9(13)12(10(8)14)11-5-3-2-4-6-11/h7H,2-6H2,1H3. The van der Waals surface area contributed by atoms with Crippen molar-refractivity contribution < 1.29 is 9.59 Å². The van der Waals surface area contributed by atoms with Crippen molar-refractivity contribution in [3.05, 3.63) is 11.6 Å². The summed E-state index contributed by atoms with van der Waals surface area (Å²) >= 11 is 0. The van der Waals surface area contributed by atoms with E-state index in [1.807, 2.05) is 5.01 Å². The molecule has 2 rings (SSSR count). The molecule has 1 saturated heterocycles. The van der Waals surface area contributed by atoms with E-state index >= 15 is 0 Å². The molecule has 2 aliphatic rings. The van der Waals surface area contributed by atoms with Crippen molar-refractivity contribution in [3.8, 4) is 0 Å². The van der Waals surface area contributed by atoms with E-state index in [4.69, 9.17) is 0 Å². The van der Waals surface area contributed by atoms with Crippen LogP contribution in [0.1, 0.15) is 26.2 Å². The van der Waals surface area contributed by atoms with Crippen LogP contribution in [0.25, 0.3) is 0 Å². The maximum Gasteiger partial charge on any atom is 0.271 e. The van der Waals surface area contributed by atoms with Gasteiger partial charge in [-0.25, -0.2) is 10.0 Å². The summed E-state index contributed by atoms with van der Waals surface area (Å²) in [5.41, 5.74) is 0.542. The van der Waals surface area contributed by atoms with Gasteiger partial charge in [0.15, 0.2) is 0 Å². The van der Waals surface area contributed by atoms with Crippen molar-refractivity contribution in [3.63, 3.8) is 0 Å². The molecule has 0 aliphatic carbocycles. The summed E-state index contributed by atoms with van der Waals surface area (Å²) in [5.74, 6) is -0.341. The van der Waals surface area contributed by atoms with Crippen LogP contribution in [-0.2, 0) is 9.59 Å². The maximum atomic E-state index is 11.6. The SMILES string of the molecule is CC1=CC(=O)N(N2CCCCC2)C1=O. The zero-order chi connectivity index (χ0) is 10.1. The molecule has 2 aliphatic heterocycles. The summed E-state index contributed by atoms with van der Waals surface area (Å²) in [6.45, 7) is 3.32. The number of imide groups is 1. The Bertz CT molecular complexity index is 303. The highest BCUT2D eigenvalue weighted by Gasteiger charge is 2.33. The monoisotopic (exact) mass is 194 g/mol. The number of piperidine rings is 1. The van der Waals surface area contributed by atoms with Gasteiger partial charge in [0.1, 0.15) is 0 Å². The van der Waals surface area contributed by atoms with Crippen LogP contribution in [0.4, 0.5) is 0 Å². The molecule has 0 atom stereocenters. The molecular weight excluding hydrogens is 180 g/mol. The van der Waals surface area contributed by atoms with Crippen molar-refractivity contribution in [1.29, 1.82) is 0 Å². The lowest BCUT2D eigenvalue weighted by atomic mass is 10.2. The first kappa shape index (κ1) is 9.40. The van der Waals surface area contributed by atoms with Gasteiger partial charge in [0.2, 0.25) is 0 Å². The lowest BCUT2D eigenvalue weighted by molar-refractivity contribution is -0.157. The Morgan fingerprint density at radius 2 is 1.79 bits per heavy atom. The third kappa shape index (κ3) is 1.46. The number of amides is 2. The highest BCUT2D eigenvalue weighted by atomic mass is 16.2. The molecule has 0 bridgehead atoms. The van der Waals surface area contributed by atoms with Gasteiger partial charge in [-0.2, -0.15) is 0 Å². The van der Waals surface area contributed by atoms with Crippen LogP contribution >= 0.6 is 0 Å². The Balaban J connectivity index is 2.11. The summed E-state index contributed by atoms with van der Waals surface area (Å²) < 4.78 is 0. The number of hydrogen-bond donors (Lipinski definition) is 0. The van der Waals surface area contributed by atoms with Gasteiger partial charge in [-0.3, -0.25) is 9.59 Å². The molecule has 76 valence electrons. The summed E-state index contributed by atoms with van der Waals surface area (Å²) in [5, 5.41) is 3.15. The van der Waals surface area contributed by atoms with Crippen molar-refractivity contribution in [2.24, 2.45) is 0 Å². The second-order valence-corrected chi connectivity index (χ2v) is 3.80. The normalized spacial score (nSPS) is 24.4. The molecule has 0 radical (unpaired) electrons. The second kappa shape index (κ2) is 3.53. The van der Waals surface area contributed by atoms with Gasteiger partial charge < -0.3 is 0 Å². The number of nitrogens with zero attached hydrogens (tertiary/aromatic N) is 2. The zero-order valence-corrected chi connectivity index (χ0v) is 8.32. The molecule has 2 amide bonds. The summed E-state index contributed by atoms with van der Waals surface area (Å²) in [6.07, 6.45) is 4.74. The molecule has 0 aromatic carbocycles. The van der Waals surface area contributed by atoms with E-state index in [1.54, 1.807) is 6.92 Å². The minimum atomic E-state index is -0.186. The number of carbonyl (C=O) groups is 2. The van der Waals surface area contributed by atoms with Crippen molar-refractivity contribution in [2.75, 3.05) is 13.1 Å². The molecule has 4 nitrogen and oxygen atoms in total. The summed E-state index contributed by atoms with van der Waals surface area (Å²) in [6, 6.07) is 0. The van der Waals surface area contributed by atoms with E-state index in [0.717, 1.165) is 25.9 Å². The summed E-state index contributed by atoms with van der Waals surface area (Å²) in [4.78, 5) is 23.1. The van der Waals surface area contributed by atoms with E-state index in [0.29, 0.717) is 5.57 Å². The first-order valence-corrected chi connectivity index (χ1v) is 5.02. The molecule has 4 heteroatoms. The van der Waals surface area contributed by atoms with E-state index in [-0.39, 0.29) is 11.8 Å². The first-order chi connectivity index (χ1) is 6.70. The van der Waals surface area contributed by atoms with Crippen molar-refractivity contribution in [1.82, 2.24) is 10.0 Å². The van der Waals surface area contributed by atoms with E-state index < -0.39 is 0 Å². The van der Waals surface area contributed by atoms with Crippen LogP contribution in [0.15, 0.2) is 11.6 Å². The van der Waals surface area contributed by atoms with Crippen LogP contribution in [0.5, 0.6) is 0 Å². The molecule has 0 aromatic heterocycles. The van der Waals surface area contributed by atoms with Gasteiger partial charge in [-0.05, 0) is 19.8 Å². The molecule has 0 N–H and O–H groups in total. The zero-order valence-electron chi connectivity index (χ0n) is 8.32. The van der Waals surface area contributed by atoms with E-state index in [1.165, 1.54) is 17.5 Å². The van der Waals surface area contributed by atoms with Crippen LogP contribution < -0.4 is 0 Å². The van der Waals surface area contributed by atoms with Gasteiger partial charge in [-0.15, -0.1) is 0 Å². The lowest BCUT2D eigenvalue weighted by Crippen LogP contribution is -2.49. The van der Waals surface area contributed by atoms with Gasteiger partial charge in [-0.1, -0.05) is 6.42 Å². The third-order valence-electron chi connectivity index (χ3n) is 2.69. The van der Waals surface area contributed by atoms with Gasteiger partial charge in [0.05, 0.1) is 0 Å².